The average molecular weight is 756 g/mol. The summed E-state index contributed by atoms with van der Waals surface area (Å²) in [6, 6.07) is 81.8. The average Bonchev–Trinajstić information content (AvgIpc) is 3.68. The zero-order valence-electron chi connectivity index (χ0n) is 31.7. The highest BCUT2D eigenvalue weighted by molar-refractivity contribution is 7.26. The lowest BCUT2D eigenvalue weighted by molar-refractivity contribution is 1.29. The van der Waals surface area contributed by atoms with Crippen molar-refractivity contribution in [1.29, 1.82) is 0 Å². The van der Waals surface area contributed by atoms with Gasteiger partial charge < -0.3 is 4.90 Å². The number of hydrogen-bond donors (Lipinski definition) is 0. The molecule has 0 bridgehead atoms. The van der Waals surface area contributed by atoms with E-state index in [-0.39, 0.29) is 0 Å². The molecule has 0 aliphatic carbocycles. The summed E-state index contributed by atoms with van der Waals surface area (Å²) < 4.78 is 2.59. The third kappa shape index (κ3) is 5.94. The smallest absolute Gasteiger partial charge is 0.0476 e. The van der Waals surface area contributed by atoms with Gasteiger partial charge in [0.25, 0.3) is 0 Å². The van der Waals surface area contributed by atoms with Crippen LogP contribution in [0.15, 0.2) is 224 Å². The molecule has 10 aromatic carbocycles. The second-order valence-electron chi connectivity index (χ2n) is 14.9. The minimum atomic E-state index is 1.11. The molecular weight excluding hydrogens is 719 g/mol. The molecule has 2 heteroatoms. The molecule has 11 aromatic rings. The lowest BCUT2D eigenvalue weighted by Crippen LogP contribution is -2.09. The summed E-state index contributed by atoms with van der Waals surface area (Å²) in [5.41, 5.74) is 13.2. The molecular formula is C56H37NS. The Kier molecular flexibility index (Phi) is 8.42. The van der Waals surface area contributed by atoms with E-state index >= 15 is 0 Å². The Morgan fingerprint density at radius 1 is 0.293 bits per heavy atom. The van der Waals surface area contributed by atoms with Crippen molar-refractivity contribution in [2.75, 3.05) is 4.90 Å². The van der Waals surface area contributed by atoms with Crippen LogP contribution in [0.2, 0.25) is 0 Å². The first-order valence-electron chi connectivity index (χ1n) is 19.8. The van der Waals surface area contributed by atoms with Gasteiger partial charge in [-0.25, -0.2) is 0 Å². The van der Waals surface area contributed by atoms with Crippen LogP contribution >= 0.6 is 11.3 Å². The van der Waals surface area contributed by atoms with Crippen LogP contribution in [-0.2, 0) is 0 Å². The Labute approximate surface area is 342 Å². The van der Waals surface area contributed by atoms with Crippen molar-refractivity contribution in [2.24, 2.45) is 0 Å². The maximum Gasteiger partial charge on any atom is 0.0476 e. The zero-order chi connectivity index (χ0) is 38.4. The monoisotopic (exact) mass is 755 g/mol. The summed E-state index contributed by atoms with van der Waals surface area (Å²) in [5, 5.41) is 7.61. The first kappa shape index (κ1) is 34.0. The van der Waals surface area contributed by atoms with Crippen molar-refractivity contribution in [3.63, 3.8) is 0 Å². The lowest BCUT2D eigenvalue weighted by atomic mass is 9.91. The van der Waals surface area contributed by atoms with Crippen molar-refractivity contribution in [2.45, 2.75) is 0 Å². The summed E-state index contributed by atoms with van der Waals surface area (Å²) in [7, 11) is 0. The quantitative estimate of drug-likeness (QED) is 0.157. The summed E-state index contributed by atoms with van der Waals surface area (Å²) in [6.45, 7) is 0. The molecule has 0 atom stereocenters. The fourth-order valence-electron chi connectivity index (χ4n) is 8.72. The number of fused-ring (bicyclic) bond motifs is 5. The molecule has 0 radical (unpaired) electrons. The minimum Gasteiger partial charge on any atom is -0.310 e. The van der Waals surface area contributed by atoms with Gasteiger partial charge in [0.05, 0.1) is 0 Å². The van der Waals surface area contributed by atoms with Gasteiger partial charge in [-0.05, 0) is 102 Å². The van der Waals surface area contributed by atoms with Gasteiger partial charge in [0.15, 0.2) is 0 Å². The standard InChI is InChI=1S/C56H37NS/c1-3-13-39(14-4-1)49-23-10-19-43-20-11-24-50(55(43)49)42-29-33-45(34-30-42)57(44-31-27-41(28-32-44)48-22-9-18-38-17-7-8-21-47(38)48)46-35-36-52-53-26-12-25-51(40-15-5-2-6-16-40)56(53)58-54(52)37-46/h1-37H. The number of anilines is 3. The summed E-state index contributed by atoms with van der Waals surface area (Å²) in [5.74, 6) is 0. The summed E-state index contributed by atoms with van der Waals surface area (Å²) in [4.78, 5) is 2.40. The van der Waals surface area contributed by atoms with Gasteiger partial charge in [-0.1, -0.05) is 188 Å². The van der Waals surface area contributed by atoms with Crippen molar-refractivity contribution in [3.05, 3.63) is 224 Å². The highest BCUT2D eigenvalue weighted by Crippen LogP contribution is 2.45. The van der Waals surface area contributed by atoms with Gasteiger partial charge >= 0.3 is 0 Å². The molecule has 0 amide bonds. The highest BCUT2D eigenvalue weighted by Gasteiger charge is 2.18. The molecule has 0 saturated carbocycles. The van der Waals surface area contributed by atoms with Gasteiger partial charge in [-0.3, -0.25) is 0 Å². The van der Waals surface area contributed by atoms with Gasteiger partial charge in [-0.2, -0.15) is 0 Å². The molecule has 58 heavy (non-hydrogen) atoms. The van der Waals surface area contributed by atoms with Crippen LogP contribution in [0.3, 0.4) is 0 Å². The SMILES string of the molecule is c1ccc(-c2cccc3c2sc2cc(N(c4ccc(-c5cccc6ccccc56)cc4)c4ccc(-c5cccc6cccc(-c7ccccc7)c56)cc4)ccc23)cc1. The molecule has 0 spiro atoms. The van der Waals surface area contributed by atoms with Crippen LogP contribution in [0.5, 0.6) is 0 Å². The van der Waals surface area contributed by atoms with Crippen LogP contribution in [0, 0.1) is 0 Å². The Morgan fingerprint density at radius 3 is 1.43 bits per heavy atom. The largest absolute Gasteiger partial charge is 0.310 e. The molecule has 272 valence electrons. The number of hydrogen-bond acceptors (Lipinski definition) is 2. The number of rotatable bonds is 7. The molecule has 0 aliphatic heterocycles. The van der Waals surface area contributed by atoms with Gasteiger partial charge in [-0.15, -0.1) is 11.3 Å². The van der Waals surface area contributed by atoms with E-state index in [2.05, 4.69) is 229 Å². The second kappa shape index (κ2) is 14.4. The molecule has 1 nitrogen and oxygen atoms in total. The minimum absolute atomic E-state index is 1.11. The van der Waals surface area contributed by atoms with Crippen LogP contribution in [0.4, 0.5) is 17.1 Å². The third-order valence-corrected chi connectivity index (χ3v) is 12.7. The van der Waals surface area contributed by atoms with E-state index in [1.807, 2.05) is 11.3 Å². The fraction of sp³-hybridized carbons (Fsp3) is 0. The van der Waals surface area contributed by atoms with Gasteiger partial charge in [0, 0.05) is 37.2 Å². The van der Waals surface area contributed by atoms with Crippen LogP contribution < -0.4 is 4.90 Å². The van der Waals surface area contributed by atoms with E-state index in [9.17, 15) is 0 Å². The van der Waals surface area contributed by atoms with E-state index in [1.54, 1.807) is 0 Å². The topological polar surface area (TPSA) is 3.24 Å². The maximum absolute atomic E-state index is 2.40. The third-order valence-electron chi connectivity index (χ3n) is 11.5. The van der Waals surface area contributed by atoms with Crippen LogP contribution in [-0.4, -0.2) is 0 Å². The van der Waals surface area contributed by atoms with Crippen LogP contribution in [0.25, 0.3) is 86.2 Å². The van der Waals surface area contributed by atoms with Crippen molar-refractivity contribution < 1.29 is 0 Å². The predicted molar refractivity (Wildman–Crippen MR) is 251 cm³/mol. The first-order chi connectivity index (χ1) is 28.8. The first-order valence-corrected chi connectivity index (χ1v) is 20.7. The number of thiophene rings is 1. The Bertz CT molecular complexity index is 3240. The van der Waals surface area contributed by atoms with E-state index in [1.165, 1.54) is 86.2 Å². The van der Waals surface area contributed by atoms with E-state index in [4.69, 9.17) is 0 Å². The van der Waals surface area contributed by atoms with Crippen molar-refractivity contribution in [1.82, 2.24) is 0 Å². The lowest BCUT2D eigenvalue weighted by Gasteiger charge is -2.26. The Balaban J connectivity index is 1.05. The highest BCUT2D eigenvalue weighted by atomic mass is 32.1. The van der Waals surface area contributed by atoms with Crippen molar-refractivity contribution >= 4 is 70.1 Å². The predicted octanol–water partition coefficient (Wildman–Crippen LogP) is 16.5. The molecule has 0 N–H and O–H groups in total. The van der Waals surface area contributed by atoms with E-state index in [0.29, 0.717) is 0 Å². The zero-order valence-corrected chi connectivity index (χ0v) is 32.5. The molecule has 0 aliphatic rings. The van der Waals surface area contributed by atoms with Gasteiger partial charge in [0.2, 0.25) is 0 Å². The van der Waals surface area contributed by atoms with Gasteiger partial charge in [0.1, 0.15) is 0 Å². The molecule has 1 heterocycles. The Hall–Kier alpha value is -7.26. The number of nitrogens with zero attached hydrogens (tertiary/aromatic N) is 1. The fourth-order valence-corrected chi connectivity index (χ4v) is 9.99. The molecule has 11 rings (SSSR count). The molecule has 0 saturated heterocycles. The molecule has 0 unspecified atom stereocenters. The summed E-state index contributed by atoms with van der Waals surface area (Å²) in [6.07, 6.45) is 0. The van der Waals surface area contributed by atoms with Crippen LogP contribution in [0.1, 0.15) is 0 Å². The molecule has 1 aromatic heterocycles. The maximum atomic E-state index is 2.40. The van der Waals surface area contributed by atoms with Crippen molar-refractivity contribution in [3.8, 4) is 44.5 Å². The summed E-state index contributed by atoms with van der Waals surface area (Å²) >= 11 is 1.88. The Morgan fingerprint density at radius 2 is 0.759 bits per heavy atom. The van der Waals surface area contributed by atoms with E-state index < -0.39 is 0 Å². The molecule has 0 fully saturated rings. The normalized spacial score (nSPS) is 11.4. The van der Waals surface area contributed by atoms with E-state index in [0.717, 1.165) is 17.1 Å². The second-order valence-corrected chi connectivity index (χ2v) is 15.9. The number of benzene rings is 10.